The average molecular weight is 213 g/mol. The predicted molar refractivity (Wildman–Crippen MR) is 66.3 cm³/mol. The normalized spacial score (nSPS) is 25.8. The summed E-state index contributed by atoms with van der Waals surface area (Å²) in [5.41, 5.74) is 0.230. The fourth-order valence-electron chi connectivity index (χ4n) is 2.23. The highest BCUT2D eigenvalue weighted by Crippen LogP contribution is 2.13. The van der Waals surface area contributed by atoms with Crippen LogP contribution in [0.1, 0.15) is 27.2 Å². The van der Waals surface area contributed by atoms with Crippen molar-refractivity contribution >= 4 is 0 Å². The zero-order chi connectivity index (χ0) is 11.5. The van der Waals surface area contributed by atoms with E-state index in [4.69, 9.17) is 0 Å². The molecule has 1 atom stereocenters. The summed E-state index contributed by atoms with van der Waals surface area (Å²) in [4.78, 5) is 5.08. The SMILES string of the molecule is CCC1CN(CC(C)(C)NC)CCN1C. The minimum absolute atomic E-state index is 0.230. The number of nitrogens with one attached hydrogen (secondary N) is 1. The molecule has 1 aliphatic heterocycles. The van der Waals surface area contributed by atoms with Gasteiger partial charge in [0.1, 0.15) is 0 Å². The molecule has 1 saturated heterocycles. The van der Waals surface area contributed by atoms with Gasteiger partial charge in [-0.3, -0.25) is 4.90 Å². The molecule has 90 valence electrons. The summed E-state index contributed by atoms with van der Waals surface area (Å²) in [5.74, 6) is 0. The fraction of sp³-hybridized carbons (Fsp3) is 1.00. The predicted octanol–water partition coefficient (Wildman–Crippen LogP) is 1.01. The minimum atomic E-state index is 0.230. The van der Waals surface area contributed by atoms with Crippen LogP contribution in [0.3, 0.4) is 0 Å². The van der Waals surface area contributed by atoms with Crippen molar-refractivity contribution in [1.82, 2.24) is 15.1 Å². The summed E-state index contributed by atoms with van der Waals surface area (Å²) in [6.45, 7) is 11.6. The summed E-state index contributed by atoms with van der Waals surface area (Å²) in [5, 5.41) is 3.38. The first kappa shape index (κ1) is 12.9. The maximum absolute atomic E-state index is 3.38. The van der Waals surface area contributed by atoms with Gasteiger partial charge in [0.25, 0.3) is 0 Å². The number of hydrogen-bond acceptors (Lipinski definition) is 3. The molecule has 0 saturated carbocycles. The Bertz CT molecular complexity index is 191. The topological polar surface area (TPSA) is 18.5 Å². The molecule has 0 aliphatic carbocycles. The van der Waals surface area contributed by atoms with Gasteiger partial charge in [0, 0.05) is 37.8 Å². The first-order valence-corrected chi connectivity index (χ1v) is 6.10. The van der Waals surface area contributed by atoms with E-state index in [-0.39, 0.29) is 5.54 Å². The molecule has 0 aromatic carbocycles. The van der Waals surface area contributed by atoms with Crippen LogP contribution in [0.5, 0.6) is 0 Å². The fourth-order valence-corrected chi connectivity index (χ4v) is 2.23. The Balaban J connectivity index is 2.45. The standard InChI is InChI=1S/C12H27N3/c1-6-11-9-15(8-7-14(11)5)10-12(2,3)13-4/h11,13H,6-10H2,1-5H3. The van der Waals surface area contributed by atoms with Crippen molar-refractivity contribution in [1.29, 1.82) is 0 Å². The second kappa shape index (κ2) is 5.28. The van der Waals surface area contributed by atoms with Crippen molar-refractivity contribution in [3.63, 3.8) is 0 Å². The monoisotopic (exact) mass is 213 g/mol. The molecule has 1 aliphatic rings. The van der Waals surface area contributed by atoms with E-state index in [1.807, 2.05) is 7.05 Å². The van der Waals surface area contributed by atoms with Crippen molar-refractivity contribution in [2.45, 2.75) is 38.8 Å². The first-order valence-electron chi connectivity index (χ1n) is 6.10. The Morgan fingerprint density at radius 2 is 2.00 bits per heavy atom. The minimum Gasteiger partial charge on any atom is -0.314 e. The molecule has 0 amide bonds. The summed E-state index contributed by atoms with van der Waals surface area (Å²) < 4.78 is 0. The van der Waals surface area contributed by atoms with E-state index in [9.17, 15) is 0 Å². The maximum Gasteiger partial charge on any atom is 0.0249 e. The molecule has 1 heterocycles. The van der Waals surface area contributed by atoms with Gasteiger partial charge in [0.2, 0.25) is 0 Å². The second-order valence-corrected chi connectivity index (χ2v) is 5.41. The largest absolute Gasteiger partial charge is 0.314 e. The van der Waals surface area contributed by atoms with Crippen LogP contribution >= 0.6 is 0 Å². The average Bonchev–Trinajstić information content (AvgIpc) is 2.20. The third-order valence-corrected chi connectivity index (χ3v) is 3.63. The van der Waals surface area contributed by atoms with Gasteiger partial charge < -0.3 is 10.2 Å². The van der Waals surface area contributed by atoms with Gasteiger partial charge in [-0.15, -0.1) is 0 Å². The highest BCUT2D eigenvalue weighted by molar-refractivity contribution is 4.85. The van der Waals surface area contributed by atoms with Crippen molar-refractivity contribution in [3.8, 4) is 0 Å². The van der Waals surface area contributed by atoms with Crippen LogP contribution in [0, 0.1) is 0 Å². The van der Waals surface area contributed by atoms with Gasteiger partial charge in [0.15, 0.2) is 0 Å². The number of nitrogens with zero attached hydrogens (tertiary/aromatic N) is 2. The lowest BCUT2D eigenvalue weighted by atomic mass is 10.0. The molecular formula is C12H27N3. The smallest absolute Gasteiger partial charge is 0.0249 e. The lowest BCUT2D eigenvalue weighted by Gasteiger charge is -2.42. The molecule has 1 unspecified atom stereocenters. The van der Waals surface area contributed by atoms with E-state index < -0.39 is 0 Å². The molecule has 0 radical (unpaired) electrons. The Kier molecular flexibility index (Phi) is 4.56. The highest BCUT2D eigenvalue weighted by Gasteiger charge is 2.26. The number of piperazine rings is 1. The molecule has 15 heavy (non-hydrogen) atoms. The number of rotatable bonds is 4. The third-order valence-electron chi connectivity index (χ3n) is 3.63. The van der Waals surface area contributed by atoms with Crippen molar-refractivity contribution < 1.29 is 0 Å². The van der Waals surface area contributed by atoms with Crippen LogP contribution < -0.4 is 5.32 Å². The molecule has 0 aromatic heterocycles. The van der Waals surface area contributed by atoms with Gasteiger partial charge >= 0.3 is 0 Å². The Labute approximate surface area is 94.8 Å². The van der Waals surface area contributed by atoms with E-state index >= 15 is 0 Å². The molecule has 1 N–H and O–H groups in total. The van der Waals surface area contributed by atoms with Crippen LogP contribution in [-0.2, 0) is 0 Å². The van der Waals surface area contributed by atoms with E-state index in [1.165, 1.54) is 26.1 Å². The molecule has 0 spiro atoms. The van der Waals surface area contributed by atoms with Crippen molar-refractivity contribution in [2.75, 3.05) is 40.3 Å². The van der Waals surface area contributed by atoms with Crippen LogP contribution in [-0.4, -0.2) is 61.7 Å². The van der Waals surface area contributed by atoms with Gasteiger partial charge in [-0.2, -0.15) is 0 Å². The second-order valence-electron chi connectivity index (χ2n) is 5.41. The third kappa shape index (κ3) is 3.74. The lowest BCUT2D eigenvalue weighted by molar-refractivity contribution is 0.0762. The molecule has 3 heteroatoms. The Morgan fingerprint density at radius 1 is 1.33 bits per heavy atom. The summed E-state index contributed by atoms with van der Waals surface area (Å²) in [6.07, 6.45) is 1.26. The zero-order valence-corrected chi connectivity index (χ0v) is 11.0. The number of hydrogen-bond donors (Lipinski definition) is 1. The van der Waals surface area contributed by atoms with Gasteiger partial charge in [0.05, 0.1) is 0 Å². The van der Waals surface area contributed by atoms with E-state index in [2.05, 4.69) is 42.9 Å². The van der Waals surface area contributed by atoms with E-state index in [0.717, 1.165) is 12.6 Å². The van der Waals surface area contributed by atoms with Crippen LogP contribution in [0.4, 0.5) is 0 Å². The van der Waals surface area contributed by atoms with E-state index in [0.29, 0.717) is 0 Å². The van der Waals surface area contributed by atoms with Gasteiger partial charge in [-0.05, 0) is 34.4 Å². The van der Waals surface area contributed by atoms with Crippen LogP contribution in [0.25, 0.3) is 0 Å². The van der Waals surface area contributed by atoms with Crippen molar-refractivity contribution in [3.05, 3.63) is 0 Å². The number of likely N-dealkylation sites (N-methyl/N-ethyl adjacent to an activating group) is 2. The molecule has 1 fully saturated rings. The molecule has 0 bridgehead atoms. The quantitative estimate of drug-likeness (QED) is 0.752. The molecule has 1 rings (SSSR count). The van der Waals surface area contributed by atoms with Crippen molar-refractivity contribution in [2.24, 2.45) is 0 Å². The zero-order valence-electron chi connectivity index (χ0n) is 11.0. The first-order chi connectivity index (χ1) is 6.98. The van der Waals surface area contributed by atoms with Crippen LogP contribution in [0.2, 0.25) is 0 Å². The molecule has 0 aromatic rings. The molecular weight excluding hydrogens is 186 g/mol. The van der Waals surface area contributed by atoms with Crippen LogP contribution in [0.15, 0.2) is 0 Å². The van der Waals surface area contributed by atoms with Gasteiger partial charge in [-0.1, -0.05) is 6.92 Å². The Hall–Kier alpha value is -0.120. The van der Waals surface area contributed by atoms with Gasteiger partial charge in [-0.25, -0.2) is 0 Å². The highest BCUT2D eigenvalue weighted by atomic mass is 15.3. The molecule has 3 nitrogen and oxygen atoms in total. The van der Waals surface area contributed by atoms with E-state index in [1.54, 1.807) is 0 Å². The maximum atomic E-state index is 3.38. The summed E-state index contributed by atoms with van der Waals surface area (Å²) in [6, 6.07) is 0.742. The summed E-state index contributed by atoms with van der Waals surface area (Å²) >= 11 is 0. The Morgan fingerprint density at radius 3 is 2.53 bits per heavy atom. The lowest BCUT2D eigenvalue weighted by Crippen LogP contribution is -2.56. The summed E-state index contributed by atoms with van der Waals surface area (Å²) in [7, 11) is 4.29.